The summed E-state index contributed by atoms with van der Waals surface area (Å²) in [4.78, 5) is 26.7. The van der Waals surface area contributed by atoms with Gasteiger partial charge in [0.25, 0.3) is 5.91 Å². The van der Waals surface area contributed by atoms with E-state index in [1.807, 2.05) is 4.90 Å². The van der Waals surface area contributed by atoms with Gasteiger partial charge in [-0.25, -0.2) is 0 Å². The van der Waals surface area contributed by atoms with E-state index in [4.69, 9.17) is 0 Å². The molecule has 0 atom stereocenters. The third-order valence-electron chi connectivity index (χ3n) is 5.55. The zero-order chi connectivity index (χ0) is 19.4. The van der Waals surface area contributed by atoms with Gasteiger partial charge in [-0.15, -0.1) is 0 Å². The van der Waals surface area contributed by atoms with Gasteiger partial charge in [-0.2, -0.15) is 13.2 Å². The van der Waals surface area contributed by atoms with Crippen LogP contribution in [0.1, 0.15) is 60.9 Å². The van der Waals surface area contributed by atoms with Crippen molar-refractivity contribution in [3.63, 3.8) is 0 Å². The first-order chi connectivity index (χ1) is 12.8. The highest BCUT2D eigenvalue weighted by atomic mass is 19.4. The molecule has 27 heavy (non-hydrogen) atoms. The van der Waals surface area contributed by atoms with E-state index in [9.17, 15) is 22.8 Å². The predicted molar refractivity (Wildman–Crippen MR) is 95.1 cm³/mol. The number of carbonyl (C=O) groups excluding carboxylic acids is 2. The van der Waals surface area contributed by atoms with Crippen molar-refractivity contribution in [3.8, 4) is 0 Å². The first kappa shape index (κ1) is 19.7. The third kappa shape index (κ3) is 5.02. The van der Waals surface area contributed by atoms with Crippen LogP contribution in [0, 0.1) is 5.92 Å². The average molecular weight is 382 g/mol. The van der Waals surface area contributed by atoms with Crippen LogP contribution >= 0.6 is 0 Å². The van der Waals surface area contributed by atoms with Gasteiger partial charge >= 0.3 is 6.18 Å². The number of likely N-dealkylation sites (tertiary alicyclic amines) is 1. The Labute approximate surface area is 157 Å². The van der Waals surface area contributed by atoms with Crippen molar-refractivity contribution in [2.75, 3.05) is 13.1 Å². The Kier molecular flexibility index (Phi) is 6.07. The van der Waals surface area contributed by atoms with Gasteiger partial charge in [0.1, 0.15) is 0 Å². The highest BCUT2D eigenvalue weighted by Gasteiger charge is 2.32. The number of carbonyl (C=O) groups is 2. The Bertz CT molecular complexity index is 676. The van der Waals surface area contributed by atoms with Gasteiger partial charge in [0.05, 0.1) is 5.56 Å². The third-order valence-corrected chi connectivity index (χ3v) is 5.55. The van der Waals surface area contributed by atoms with Crippen molar-refractivity contribution >= 4 is 11.8 Å². The van der Waals surface area contributed by atoms with Crippen molar-refractivity contribution < 1.29 is 22.8 Å². The Morgan fingerprint density at radius 2 is 1.67 bits per heavy atom. The fraction of sp³-hybridized carbons (Fsp3) is 0.600. The Morgan fingerprint density at radius 1 is 1.00 bits per heavy atom. The maximum atomic E-state index is 12.8. The van der Waals surface area contributed by atoms with E-state index in [0.29, 0.717) is 25.9 Å². The Hall–Kier alpha value is -2.05. The highest BCUT2D eigenvalue weighted by molar-refractivity contribution is 5.94. The van der Waals surface area contributed by atoms with E-state index in [-0.39, 0.29) is 23.4 Å². The van der Waals surface area contributed by atoms with E-state index in [1.165, 1.54) is 18.6 Å². The number of amides is 2. The summed E-state index contributed by atoms with van der Waals surface area (Å²) in [6.07, 6.45) is 2.14. The van der Waals surface area contributed by atoms with Crippen LogP contribution in [0.2, 0.25) is 0 Å². The molecule has 1 aromatic rings. The van der Waals surface area contributed by atoms with Gasteiger partial charge in [0.2, 0.25) is 5.91 Å². The summed E-state index contributed by atoms with van der Waals surface area (Å²) in [7, 11) is 0. The zero-order valence-corrected chi connectivity index (χ0v) is 15.2. The molecule has 1 saturated carbocycles. The molecule has 0 bridgehead atoms. The summed E-state index contributed by atoms with van der Waals surface area (Å²) >= 11 is 0. The maximum Gasteiger partial charge on any atom is 0.416 e. The minimum absolute atomic E-state index is 0.00513. The average Bonchev–Trinajstić information content (AvgIpc) is 2.68. The Balaban J connectivity index is 1.51. The van der Waals surface area contributed by atoms with Crippen LogP contribution in [-0.4, -0.2) is 35.8 Å². The normalized spacial score (nSPS) is 19.7. The van der Waals surface area contributed by atoms with Crippen LogP contribution in [0.3, 0.4) is 0 Å². The molecule has 1 aliphatic carbocycles. The van der Waals surface area contributed by atoms with Crippen LogP contribution in [0.15, 0.2) is 24.3 Å². The molecule has 1 heterocycles. The topological polar surface area (TPSA) is 49.4 Å². The number of nitrogens with one attached hydrogen (secondary N) is 1. The molecule has 1 aliphatic heterocycles. The molecule has 148 valence electrons. The minimum Gasteiger partial charge on any atom is -0.349 e. The first-order valence-corrected chi connectivity index (χ1v) is 9.61. The lowest BCUT2D eigenvalue weighted by atomic mass is 9.87. The predicted octanol–water partition coefficient (Wildman–Crippen LogP) is 4.01. The van der Waals surface area contributed by atoms with Gasteiger partial charge in [0, 0.05) is 30.6 Å². The van der Waals surface area contributed by atoms with Crippen LogP contribution in [0.4, 0.5) is 13.2 Å². The molecular weight excluding hydrogens is 357 g/mol. The number of benzene rings is 1. The van der Waals surface area contributed by atoms with E-state index < -0.39 is 17.6 Å². The molecule has 1 N–H and O–H groups in total. The number of hydrogen-bond donors (Lipinski definition) is 1. The molecular formula is C20H25F3N2O2. The molecule has 1 saturated heterocycles. The summed E-state index contributed by atoms with van der Waals surface area (Å²) in [6, 6.07) is 4.32. The number of nitrogens with zero attached hydrogens (tertiary/aromatic N) is 1. The van der Waals surface area contributed by atoms with Gasteiger partial charge in [-0.3, -0.25) is 9.59 Å². The molecule has 0 spiro atoms. The second-order valence-corrected chi connectivity index (χ2v) is 7.49. The van der Waals surface area contributed by atoms with E-state index in [1.54, 1.807) is 0 Å². The molecule has 2 amide bonds. The van der Waals surface area contributed by atoms with Crippen molar-refractivity contribution in [3.05, 3.63) is 35.4 Å². The van der Waals surface area contributed by atoms with Crippen molar-refractivity contribution in [2.24, 2.45) is 5.92 Å². The number of alkyl halides is 3. The number of rotatable bonds is 3. The molecule has 2 fully saturated rings. The lowest BCUT2D eigenvalue weighted by Crippen LogP contribution is -2.48. The molecule has 1 aromatic carbocycles. The monoisotopic (exact) mass is 382 g/mol. The summed E-state index contributed by atoms with van der Waals surface area (Å²) in [5, 5.41) is 2.81. The SMILES string of the molecule is O=C(NC1CCN(C(=O)C2CCCCC2)CC1)c1cccc(C(F)(F)F)c1. The van der Waals surface area contributed by atoms with Gasteiger partial charge in [0.15, 0.2) is 0 Å². The largest absolute Gasteiger partial charge is 0.416 e. The molecule has 0 unspecified atom stereocenters. The fourth-order valence-corrected chi connectivity index (χ4v) is 3.96. The van der Waals surface area contributed by atoms with Crippen LogP contribution < -0.4 is 5.32 Å². The quantitative estimate of drug-likeness (QED) is 0.859. The molecule has 0 radical (unpaired) electrons. The number of piperidine rings is 1. The van der Waals surface area contributed by atoms with E-state index >= 15 is 0 Å². The van der Waals surface area contributed by atoms with Crippen molar-refractivity contribution in [2.45, 2.75) is 57.2 Å². The summed E-state index contributed by atoms with van der Waals surface area (Å²) < 4.78 is 38.4. The lowest BCUT2D eigenvalue weighted by molar-refractivity contribution is -0.138. The summed E-state index contributed by atoms with van der Waals surface area (Å²) in [6.45, 7) is 1.17. The minimum atomic E-state index is -4.47. The van der Waals surface area contributed by atoms with Crippen molar-refractivity contribution in [1.29, 1.82) is 0 Å². The maximum absolute atomic E-state index is 12.8. The molecule has 4 nitrogen and oxygen atoms in total. The number of halogens is 3. The molecule has 3 rings (SSSR count). The highest BCUT2D eigenvalue weighted by Crippen LogP contribution is 2.30. The smallest absolute Gasteiger partial charge is 0.349 e. The van der Waals surface area contributed by atoms with Crippen molar-refractivity contribution in [1.82, 2.24) is 10.2 Å². The Morgan fingerprint density at radius 3 is 2.30 bits per heavy atom. The lowest BCUT2D eigenvalue weighted by Gasteiger charge is -2.35. The van der Waals surface area contributed by atoms with Gasteiger partial charge in [-0.1, -0.05) is 25.3 Å². The molecule has 2 aliphatic rings. The fourth-order valence-electron chi connectivity index (χ4n) is 3.96. The van der Waals surface area contributed by atoms with Crippen LogP contribution in [-0.2, 0) is 11.0 Å². The van der Waals surface area contributed by atoms with Gasteiger partial charge < -0.3 is 10.2 Å². The summed E-state index contributed by atoms with van der Waals surface area (Å²) in [5.74, 6) is -0.148. The first-order valence-electron chi connectivity index (χ1n) is 9.61. The van der Waals surface area contributed by atoms with Crippen LogP contribution in [0.5, 0.6) is 0 Å². The molecule has 0 aromatic heterocycles. The van der Waals surface area contributed by atoms with Crippen LogP contribution in [0.25, 0.3) is 0 Å². The van der Waals surface area contributed by atoms with Gasteiger partial charge in [-0.05, 0) is 43.9 Å². The second-order valence-electron chi connectivity index (χ2n) is 7.49. The second kappa shape index (κ2) is 8.31. The zero-order valence-electron chi connectivity index (χ0n) is 15.2. The number of hydrogen-bond acceptors (Lipinski definition) is 2. The standard InChI is InChI=1S/C20H25F3N2O2/c21-20(22,23)16-8-4-7-15(13-16)18(26)24-17-9-11-25(12-10-17)19(27)14-5-2-1-3-6-14/h4,7-8,13-14,17H,1-3,5-6,9-12H2,(H,24,26). The molecule has 7 heteroatoms. The summed E-state index contributed by atoms with van der Waals surface area (Å²) in [5.41, 5.74) is -0.825. The van der Waals surface area contributed by atoms with E-state index in [2.05, 4.69) is 5.32 Å². The van der Waals surface area contributed by atoms with E-state index in [0.717, 1.165) is 37.8 Å².